The van der Waals surface area contributed by atoms with Crippen molar-refractivity contribution in [3.63, 3.8) is 0 Å². The number of hydrogen-bond acceptors (Lipinski definition) is 3. The zero-order valence-electron chi connectivity index (χ0n) is 10.7. The van der Waals surface area contributed by atoms with Crippen LogP contribution in [0.5, 0.6) is 0 Å². The van der Waals surface area contributed by atoms with Gasteiger partial charge in [-0.2, -0.15) is 0 Å². The quantitative estimate of drug-likeness (QED) is 0.880. The van der Waals surface area contributed by atoms with Crippen molar-refractivity contribution in [2.45, 2.75) is 38.0 Å². The van der Waals surface area contributed by atoms with Gasteiger partial charge in [-0.05, 0) is 24.5 Å². The molecule has 2 rings (SSSR count). The molecule has 1 saturated heterocycles. The molecule has 0 amide bonds. The van der Waals surface area contributed by atoms with Crippen molar-refractivity contribution in [1.82, 2.24) is 4.90 Å². The van der Waals surface area contributed by atoms with Crippen molar-refractivity contribution < 1.29 is 5.11 Å². The fraction of sp³-hybridized carbons (Fsp3) is 0.571. The largest absolute Gasteiger partial charge is 0.392 e. The van der Waals surface area contributed by atoms with Crippen LogP contribution in [-0.2, 0) is 0 Å². The Bertz CT molecular complexity index is 399. The summed E-state index contributed by atoms with van der Waals surface area (Å²) in [5, 5.41) is 10.5. The molecule has 3 N–H and O–H groups in total. The molecule has 1 aromatic carbocycles. The maximum atomic E-state index is 9.70. The Morgan fingerprint density at radius 2 is 2.22 bits per heavy atom. The number of aliphatic hydroxyl groups excluding tert-OH is 1. The van der Waals surface area contributed by atoms with Crippen molar-refractivity contribution in [3.8, 4) is 0 Å². The predicted octanol–water partition coefficient (Wildman–Crippen LogP) is 2.19. The minimum absolute atomic E-state index is 0.0372. The molecule has 0 aliphatic carbocycles. The van der Waals surface area contributed by atoms with Crippen molar-refractivity contribution in [2.75, 3.05) is 13.1 Å². The van der Waals surface area contributed by atoms with Gasteiger partial charge in [0.2, 0.25) is 0 Å². The van der Waals surface area contributed by atoms with Gasteiger partial charge in [0, 0.05) is 24.2 Å². The molecule has 0 radical (unpaired) electrons. The number of nitrogens with zero attached hydrogens (tertiary/aromatic N) is 1. The van der Waals surface area contributed by atoms with E-state index < -0.39 is 0 Å². The lowest BCUT2D eigenvalue weighted by molar-refractivity contribution is 0.148. The SMILES string of the molecule is CCC(N)C(c1ccccc1Cl)N1CCC(O)C1. The van der Waals surface area contributed by atoms with Gasteiger partial charge in [0.25, 0.3) is 0 Å². The van der Waals surface area contributed by atoms with E-state index >= 15 is 0 Å². The molecule has 1 aliphatic heterocycles. The lowest BCUT2D eigenvalue weighted by Crippen LogP contribution is -2.40. The first-order chi connectivity index (χ1) is 8.63. The molecular formula is C14H21ClN2O. The highest BCUT2D eigenvalue weighted by Crippen LogP contribution is 2.32. The van der Waals surface area contributed by atoms with Gasteiger partial charge in [0.05, 0.1) is 12.1 Å². The normalized spacial score (nSPS) is 24.1. The maximum Gasteiger partial charge on any atom is 0.0679 e. The van der Waals surface area contributed by atoms with Crippen LogP contribution in [0, 0.1) is 0 Å². The van der Waals surface area contributed by atoms with Crippen LogP contribution >= 0.6 is 11.6 Å². The van der Waals surface area contributed by atoms with E-state index in [4.69, 9.17) is 17.3 Å². The second-order valence-corrected chi connectivity index (χ2v) is 5.38. The van der Waals surface area contributed by atoms with E-state index in [9.17, 15) is 5.11 Å². The highest BCUT2D eigenvalue weighted by atomic mass is 35.5. The third-order valence-corrected chi connectivity index (χ3v) is 4.03. The Labute approximate surface area is 114 Å². The third-order valence-electron chi connectivity index (χ3n) is 3.69. The summed E-state index contributed by atoms with van der Waals surface area (Å²) in [7, 11) is 0. The standard InChI is InChI=1S/C14H21ClN2O/c1-2-13(16)14(17-8-7-10(18)9-17)11-5-3-4-6-12(11)15/h3-6,10,13-14,18H,2,7-9,16H2,1H3. The van der Waals surface area contributed by atoms with Gasteiger partial charge in [-0.1, -0.05) is 36.7 Å². The number of halogens is 1. The average molecular weight is 269 g/mol. The molecule has 1 heterocycles. The Morgan fingerprint density at radius 3 is 2.78 bits per heavy atom. The van der Waals surface area contributed by atoms with Crippen LogP contribution in [0.1, 0.15) is 31.4 Å². The Hall–Kier alpha value is -0.610. The number of rotatable bonds is 4. The molecule has 3 unspecified atom stereocenters. The van der Waals surface area contributed by atoms with Crippen LogP contribution in [0.3, 0.4) is 0 Å². The second-order valence-electron chi connectivity index (χ2n) is 4.98. The highest BCUT2D eigenvalue weighted by molar-refractivity contribution is 6.31. The fourth-order valence-corrected chi connectivity index (χ4v) is 2.90. The van der Waals surface area contributed by atoms with E-state index in [2.05, 4.69) is 11.8 Å². The molecule has 4 heteroatoms. The molecule has 0 spiro atoms. The number of hydrogen-bond donors (Lipinski definition) is 2. The smallest absolute Gasteiger partial charge is 0.0679 e. The fourth-order valence-electron chi connectivity index (χ4n) is 2.66. The minimum Gasteiger partial charge on any atom is -0.392 e. The van der Waals surface area contributed by atoms with Gasteiger partial charge in [-0.15, -0.1) is 0 Å². The molecule has 0 aromatic heterocycles. The van der Waals surface area contributed by atoms with E-state index in [0.717, 1.165) is 30.0 Å². The highest BCUT2D eigenvalue weighted by Gasteiger charge is 2.32. The summed E-state index contributed by atoms with van der Waals surface area (Å²) in [6.07, 6.45) is 1.47. The number of aliphatic hydroxyl groups is 1. The van der Waals surface area contributed by atoms with Gasteiger partial charge in [-0.3, -0.25) is 4.90 Å². The lowest BCUT2D eigenvalue weighted by Gasteiger charge is -2.33. The molecule has 1 aliphatic rings. The van der Waals surface area contributed by atoms with E-state index in [1.807, 2.05) is 24.3 Å². The molecule has 3 nitrogen and oxygen atoms in total. The van der Waals surface area contributed by atoms with Crippen LogP contribution in [0.15, 0.2) is 24.3 Å². The number of benzene rings is 1. The summed E-state index contributed by atoms with van der Waals surface area (Å²) in [6.45, 7) is 3.65. The summed E-state index contributed by atoms with van der Waals surface area (Å²) < 4.78 is 0. The van der Waals surface area contributed by atoms with Crippen LogP contribution in [0.4, 0.5) is 0 Å². The summed E-state index contributed by atoms with van der Waals surface area (Å²) in [5.74, 6) is 0. The Kier molecular flexibility index (Phi) is 4.62. The van der Waals surface area contributed by atoms with Crippen molar-refractivity contribution >= 4 is 11.6 Å². The van der Waals surface area contributed by atoms with E-state index in [1.54, 1.807) is 0 Å². The topological polar surface area (TPSA) is 49.5 Å². The van der Waals surface area contributed by atoms with Crippen LogP contribution in [0.25, 0.3) is 0 Å². The zero-order chi connectivity index (χ0) is 13.1. The first kappa shape index (κ1) is 13.8. The zero-order valence-corrected chi connectivity index (χ0v) is 11.5. The first-order valence-electron chi connectivity index (χ1n) is 6.55. The van der Waals surface area contributed by atoms with E-state index in [1.165, 1.54) is 0 Å². The Balaban J connectivity index is 2.28. The first-order valence-corrected chi connectivity index (χ1v) is 6.93. The molecule has 0 saturated carbocycles. The molecule has 100 valence electrons. The molecular weight excluding hydrogens is 248 g/mol. The van der Waals surface area contributed by atoms with Gasteiger partial charge in [0.1, 0.15) is 0 Å². The predicted molar refractivity (Wildman–Crippen MR) is 74.7 cm³/mol. The van der Waals surface area contributed by atoms with E-state index in [0.29, 0.717) is 6.54 Å². The van der Waals surface area contributed by atoms with Gasteiger partial charge < -0.3 is 10.8 Å². The molecule has 1 aromatic rings. The number of nitrogens with two attached hydrogens (primary N) is 1. The average Bonchev–Trinajstić information content (AvgIpc) is 2.78. The Morgan fingerprint density at radius 1 is 1.50 bits per heavy atom. The maximum absolute atomic E-state index is 9.70. The number of likely N-dealkylation sites (tertiary alicyclic amines) is 1. The molecule has 0 bridgehead atoms. The summed E-state index contributed by atoms with van der Waals surface area (Å²) in [5.41, 5.74) is 7.33. The number of β-amino-alcohol motifs (C(OH)–C–C–N with tert-alkyl or cyclic N) is 1. The molecule has 3 atom stereocenters. The van der Waals surface area contributed by atoms with Crippen molar-refractivity contribution in [1.29, 1.82) is 0 Å². The summed E-state index contributed by atoms with van der Waals surface area (Å²) in [6, 6.07) is 7.99. The van der Waals surface area contributed by atoms with Crippen molar-refractivity contribution in [2.24, 2.45) is 5.73 Å². The monoisotopic (exact) mass is 268 g/mol. The molecule has 1 fully saturated rings. The van der Waals surface area contributed by atoms with Crippen LogP contribution < -0.4 is 5.73 Å². The molecule has 18 heavy (non-hydrogen) atoms. The van der Waals surface area contributed by atoms with Gasteiger partial charge in [0.15, 0.2) is 0 Å². The van der Waals surface area contributed by atoms with Gasteiger partial charge in [-0.25, -0.2) is 0 Å². The summed E-state index contributed by atoms with van der Waals surface area (Å²) in [4.78, 5) is 2.25. The second kappa shape index (κ2) is 6.02. The van der Waals surface area contributed by atoms with E-state index in [-0.39, 0.29) is 18.2 Å². The minimum atomic E-state index is -0.237. The summed E-state index contributed by atoms with van der Waals surface area (Å²) >= 11 is 6.29. The lowest BCUT2D eigenvalue weighted by atomic mass is 9.96. The van der Waals surface area contributed by atoms with Gasteiger partial charge >= 0.3 is 0 Å². The van der Waals surface area contributed by atoms with Crippen LogP contribution in [-0.4, -0.2) is 35.2 Å². The van der Waals surface area contributed by atoms with Crippen molar-refractivity contribution in [3.05, 3.63) is 34.9 Å². The van der Waals surface area contributed by atoms with Crippen LogP contribution in [0.2, 0.25) is 5.02 Å². The third kappa shape index (κ3) is 2.86.